The third-order valence-electron chi connectivity index (χ3n) is 4.52. The van der Waals surface area contributed by atoms with Gasteiger partial charge in [-0.05, 0) is 30.5 Å². The summed E-state index contributed by atoms with van der Waals surface area (Å²) in [6.45, 7) is 1.47. The number of aromatic nitrogens is 1. The van der Waals surface area contributed by atoms with Crippen molar-refractivity contribution in [1.29, 1.82) is 0 Å². The molecule has 0 aliphatic carbocycles. The minimum Gasteiger partial charge on any atom is -0.381 e. The number of carbonyl (C=O) groups excluding carboxylic acids is 1. The number of piperidine rings is 1. The molecule has 1 aliphatic rings. The number of pyridine rings is 1. The number of amides is 1. The second-order valence-electron chi connectivity index (χ2n) is 6.00. The van der Waals surface area contributed by atoms with Crippen LogP contribution >= 0.6 is 0 Å². The zero-order valence-electron chi connectivity index (χ0n) is 13.4. The molecule has 2 atom stereocenters. The first-order chi connectivity index (χ1) is 11.3. The number of nitrogens with zero attached hydrogens (tertiary/aromatic N) is 2. The van der Waals surface area contributed by atoms with E-state index in [1.165, 1.54) is 5.56 Å². The molecular formula is C19H22N2O2. The topological polar surface area (TPSA) is 42.4 Å². The Hall–Kier alpha value is -2.20. The number of methoxy groups -OCH3 is 1. The normalized spacial score (nSPS) is 21.2. The molecule has 0 unspecified atom stereocenters. The van der Waals surface area contributed by atoms with Crippen molar-refractivity contribution in [2.45, 2.75) is 18.9 Å². The van der Waals surface area contributed by atoms with Gasteiger partial charge in [-0.15, -0.1) is 0 Å². The van der Waals surface area contributed by atoms with Crippen LogP contribution in [0.5, 0.6) is 0 Å². The summed E-state index contributed by atoms with van der Waals surface area (Å²) in [5.41, 5.74) is 1.99. The number of carbonyl (C=O) groups is 1. The van der Waals surface area contributed by atoms with Gasteiger partial charge in [0, 0.05) is 44.1 Å². The Labute approximate surface area is 137 Å². The molecule has 3 rings (SSSR count). The van der Waals surface area contributed by atoms with E-state index in [1.54, 1.807) is 31.6 Å². The van der Waals surface area contributed by atoms with Crippen LogP contribution in [0.25, 0.3) is 0 Å². The Morgan fingerprint density at radius 2 is 1.96 bits per heavy atom. The van der Waals surface area contributed by atoms with E-state index in [1.807, 2.05) is 11.0 Å². The van der Waals surface area contributed by atoms with E-state index >= 15 is 0 Å². The Balaban J connectivity index is 1.72. The molecule has 4 nitrogen and oxygen atoms in total. The molecule has 1 amide bonds. The molecule has 0 spiro atoms. The van der Waals surface area contributed by atoms with E-state index in [4.69, 9.17) is 4.74 Å². The van der Waals surface area contributed by atoms with Crippen molar-refractivity contribution in [2.75, 3.05) is 20.2 Å². The van der Waals surface area contributed by atoms with Gasteiger partial charge in [0.25, 0.3) is 5.91 Å². The van der Waals surface area contributed by atoms with Crippen LogP contribution in [0, 0.1) is 5.92 Å². The Bertz CT molecular complexity index is 630. The maximum atomic E-state index is 12.7. The fourth-order valence-corrected chi connectivity index (χ4v) is 3.30. The van der Waals surface area contributed by atoms with Gasteiger partial charge in [-0.25, -0.2) is 0 Å². The molecule has 1 fully saturated rings. The van der Waals surface area contributed by atoms with Gasteiger partial charge in [0.15, 0.2) is 0 Å². The third kappa shape index (κ3) is 3.77. The van der Waals surface area contributed by atoms with Crippen molar-refractivity contribution >= 4 is 5.91 Å². The highest BCUT2D eigenvalue weighted by Crippen LogP contribution is 2.24. The molecule has 1 aliphatic heterocycles. The fourth-order valence-electron chi connectivity index (χ4n) is 3.30. The summed E-state index contributed by atoms with van der Waals surface area (Å²) in [5, 5.41) is 0. The number of hydrogen-bond acceptors (Lipinski definition) is 3. The largest absolute Gasteiger partial charge is 0.381 e. The minimum absolute atomic E-state index is 0.0833. The quantitative estimate of drug-likeness (QED) is 0.872. The van der Waals surface area contributed by atoms with Crippen LogP contribution in [0.3, 0.4) is 0 Å². The zero-order valence-corrected chi connectivity index (χ0v) is 13.4. The second-order valence-corrected chi connectivity index (χ2v) is 6.00. The zero-order chi connectivity index (χ0) is 16.1. The van der Waals surface area contributed by atoms with E-state index in [9.17, 15) is 4.79 Å². The Morgan fingerprint density at radius 1 is 1.22 bits per heavy atom. The summed E-state index contributed by atoms with van der Waals surface area (Å²) < 4.78 is 5.66. The molecule has 0 N–H and O–H groups in total. The lowest BCUT2D eigenvalue weighted by Crippen LogP contribution is -2.47. The first-order valence-electron chi connectivity index (χ1n) is 8.04. The lowest BCUT2D eigenvalue weighted by Gasteiger charge is -2.38. The van der Waals surface area contributed by atoms with Gasteiger partial charge >= 0.3 is 0 Å². The van der Waals surface area contributed by atoms with Crippen molar-refractivity contribution in [2.24, 2.45) is 5.92 Å². The van der Waals surface area contributed by atoms with Gasteiger partial charge in [-0.1, -0.05) is 30.3 Å². The Kier molecular flexibility index (Phi) is 5.03. The van der Waals surface area contributed by atoms with E-state index in [0.29, 0.717) is 11.5 Å². The van der Waals surface area contributed by atoms with Crippen molar-refractivity contribution in [3.05, 3.63) is 66.0 Å². The van der Waals surface area contributed by atoms with Crippen LogP contribution in [0.15, 0.2) is 54.9 Å². The molecule has 120 valence electrons. The van der Waals surface area contributed by atoms with Gasteiger partial charge in [0.2, 0.25) is 0 Å². The SMILES string of the molecule is CO[C@@H]1CCN(C(=O)c2ccncc2)C[C@H]1Cc1ccccc1. The molecular weight excluding hydrogens is 288 g/mol. The molecule has 2 aromatic rings. The van der Waals surface area contributed by atoms with Crippen LogP contribution in [-0.2, 0) is 11.2 Å². The number of rotatable bonds is 4. The molecule has 1 aromatic heterocycles. The number of hydrogen-bond donors (Lipinski definition) is 0. The molecule has 1 aromatic carbocycles. The molecule has 23 heavy (non-hydrogen) atoms. The molecule has 0 radical (unpaired) electrons. The van der Waals surface area contributed by atoms with E-state index in [0.717, 1.165) is 25.9 Å². The van der Waals surface area contributed by atoms with E-state index < -0.39 is 0 Å². The summed E-state index contributed by atoms with van der Waals surface area (Å²) >= 11 is 0. The highest BCUT2D eigenvalue weighted by atomic mass is 16.5. The lowest BCUT2D eigenvalue weighted by molar-refractivity contribution is -0.00299. The summed E-state index contributed by atoms with van der Waals surface area (Å²) in [6.07, 6.45) is 5.34. The van der Waals surface area contributed by atoms with Crippen LogP contribution in [0.1, 0.15) is 22.3 Å². The van der Waals surface area contributed by atoms with Gasteiger partial charge < -0.3 is 9.64 Å². The number of likely N-dealkylation sites (tertiary alicyclic amines) is 1. The predicted octanol–water partition coefficient (Wildman–Crippen LogP) is 2.80. The van der Waals surface area contributed by atoms with Crippen LogP contribution in [-0.4, -0.2) is 42.1 Å². The second kappa shape index (κ2) is 7.38. The van der Waals surface area contributed by atoms with E-state index in [-0.39, 0.29) is 12.0 Å². The monoisotopic (exact) mass is 310 g/mol. The molecule has 1 saturated heterocycles. The molecule has 2 heterocycles. The van der Waals surface area contributed by atoms with Crippen molar-refractivity contribution in [3.63, 3.8) is 0 Å². The highest BCUT2D eigenvalue weighted by molar-refractivity contribution is 5.94. The predicted molar refractivity (Wildman–Crippen MR) is 89.2 cm³/mol. The van der Waals surface area contributed by atoms with Gasteiger partial charge in [-0.3, -0.25) is 9.78 Å². The van der Waals surface area contributed by atoms with Crippen LogP contribution in [0.2, 0.25) is 0 Å². The Morgan fingerprint density at radius 3 is 2.65 bits per heavy atom. The smallest absolute Gasteiger partial charge is 0.253 e. The van der Waals surface area contributed by atoms with Crippen LogP contribution in [0.4, 0.5) is 0 Å². The number of benzene rings is 1. The average Bonchev–Trinajstić information content (AvgIpc) is 2.62. The average molecular weight is 310 g/mol. The summed E-state index contributed by atoms with van der Waals surface area (Å²) in [7, 11) is 1.77. The van der Waals surface area contributed by atoms with Gasteiger partial charge in [-0.2, -0.15) is 0 Å². The highest BCUT2D eigenvalue weighted by Gasteiger charge is 2.31. The fraction of sp³-hybridized carbons (Fsp3) is 0.368. The van der Waals surface area contributed by atoms with Crippen molar-refractivity contribution < 1.29 is 9.53 Å². The van der Waals surface area contributed by atoms with Crippen molar-refractivity contribution in [1.82, 2.24) is 9.88 Å². The summed E-state index contributed by atoms with van der Waals surface area (Å²) in [6, 6.07) is 14.0. The van der Waals surface area contributed by atoms with Crippen LogP contribution < -0.4 is 0 Å². The molecule has 4 heteroatoms. The standard InChI is InChI=1S/C19H22N2O2/c1-23-18-9-12-21(19(22)16-7-10-20-11-8-16)14-17(18)13-15-5-3-2-4-6-15/h2-8,10-11,17-18H,9,12-14H2,1H3/t17-,18-/m1/s1. The number of ether oxygens (including phenoxy) is 1. The third-order valence-corrected chi connectivity index (χ3v) is 4.52. The first-order valence-corrected chi connectivity index (χ1v) is 8.04. The summed E-state index contributed by atoms with van der Waals surface area (Å²) in [4.78, 5) is 18.6. The van der Waals surface area contributed by atoms with Gasteiger partial charge in [0.1, 0.15) is 0 Å². The maximum absolute atomic E-state index is 12.7. The first kappa shape index (κ1) is 15.7. The van der Waals surface area contributed by atoms with Gasteiger partial charge in [0.05, 0.1) is 6.10 Å². The molecule has 0 bridgehead atoms. The van der Waals surface area contributed by atoms with Crippen molar-refractivity contribution in [3.8, 4) is 0 Å². The van der Waals surface area contributed by atoms with E-state index in [2.05, 4.69) is 29.2 Å². The lowest BCUT2D eigenvalue weighted by atomic mass is 9.88. The summed E-state index contributed by atoms with van der Waals surface area (Å²) in [5.74, 6) is 0.405. The minimum atomic E-state index is 0.0833. The molecule has 0 saturated carbocycles. The maximum Gasteiger partial charge on any atom is 0.253 e.